The fourth-order valence-corrected chi connectivity index (χ4v) is 4.53. The third-order valence-electron chi connectivity index (χ3n) is 6.17. The van der Waals surface area contributed by atoms with Crippen LogP contribution in [-0.2, 0) is 4.79 Å². The first-order valence-corrected chi connectivity index (χ1v) is 10.7. The molecule has 2 atom stereocenters. The van der Waals surface area contributed by atoms with Gasteiger partial charge >= 0.3 is 5.97 Å². The molecule has 2 heteroatoms. The Labute approximate surface area is 150 Å². The van der Waals surface area contributed by atoms with Crippen molar-refractivity contribution in [2.45, 2.75) is 117 Å². The molecule has 1 fully saturated rings. The van der Waals surface area contributed by atoms with Crippen LogP contribution >= 0.6 is 0 Å². The molecule has 1 aliphatic carbocycles. The number of rotatable bonds is 14. The first kappa shape index (κ1) is 21.5. The van der Waals surface area contributed by atoms with Gasteiger partial charge in [-0.2, -0.15) is 0 Å². The number of aliphatic carboxylic acids is 1. The molecule has 2 nitrogen and oxygen atoms in total. The zero-order valence-corrected chi connectivity index (χ0v) is 16.6. The molecule has 0 unspecified atom stereocenters. The van der Waals surface area contributed by atoms with Gasteiger partial charge in [-0.15, -0.1) is 0 Å². The number of carboxylic acids is 1. The van der Waals surface area contributed by atoms with Crippen LogP contribution in [-0.4, -0.2) is 11.1 Å². The molecule has 0 radical (unpaired) electrons. The van der Waals surface area contributed by atoms with Crippen molar-refractivity contribution in [1.29, 1.82) is 0 Å². The lowest BCUT2D eigenvalue weighted by molar-refractivity contribution is -0.137. The molecule has 0 aliphatic heterocycles. The number of hydrogen-bond donors (Lipinski definition) is 1. The van der Waals surface area contributed by atoms with Gasteiger partial charge in [0, 0.05) is 6.42 Å². The number of carboxylic acid groups (broad SMARTS) is 1. The standard InChI is InChI=1S/C22H42O2/c1-4-5-17-22(2,3)18-11-15-20-14-10-13-19(20)12-8-6-7-9-16-21(23)24/h19-20H,4-18H2,1-3H3,(H,23,24)/t19-,20+/m0/s1. The molecule has 0 amide bonds. The van der Waals surface area contributed by atoms with Crippen LogP contribution in [0.3, 0.4) is 0 Å². The van der Waals surface area contributed by atoms with E-state index in [1.165, 1.54) is 77.0 Å². The number of hydrogen-bond acceptors (Lipinski definition) is 1. The van der Waals surface area contributed by atoms with Crippen LogP contribution in [0, 0.1) is 17.3 Å². The summed E-state index contributed by atoms with van der Waals surface area (Å²) in [5.74, 6) is 1.29. The van der Waals surface area contributed by atoms with Crippen molar-refractivity contribution in [3.8, 4) is 0 Å². The van der Waals surface area contributed by atoms with Gasteiger partial charge in [-0.05, 0) is 36.5 Å². The molecular weight excluding hydrogens is 296 g/mol. The summed E-state index contributed by atoms with van der Waals surface area (Å²) in [7, 11) is 0. The van der Waals surface area contributed by atoms with Crippen LogP contribution in [0.5, 0.6) is 0 Å². The predicted molar refractivity (Wildman–Crippen MR) is 103 cm³/mol. The van der Waals surface area contributed by atoms with E-state index in [4.69, 9.17) is 5.11 Å². The molecular formula is C22H42O2. The minimum Gasteiger partial charge on any atom is -0.481 e. The Hall–Kier alpha value is -0.530. The Balaban J connectivity index is 2.13. The van der Waals surface area contributed by atoms with Gasteiger partial charge < -0.3 is 5.11 Å². The predicted octanol–water partition coefficient (Wildman–Crippen LogP) is 7.21. The molecule has 1 N–H and O–H groups in total. The van der Waals surface area contributed by atoms with E-state index in [-0.39, 0.29) is 0 Å². The second-order valence-electron chi connectivity index (χ2n) is 8.96. The van der Waals surface area contributed by atoms with Crippen molar-refractivity contribution >= 4 is 5.97 Å². The maximum atomic E-state index is 10.5. The fraction of sp³-hybridized carbons (Fsp3) is 0.955. The van der Waals surface area contributed by atoms with Crippen LogP contribution in [0.4, 0.5) is 0 Å². The van der Waals surface area contributed by atoms with Crippen LogP contribution in [0.1, 0.15) is 117 Å². The van der Waals surface area contributed by atoms with E-state index in [0.717, 1.165) is 24.7 Å². The van der Waals surface area contributed by atoms with Gasteiger partial charge in [-0.1, -0.05) is 91.4 Å². The lowest BCUT2D eigenvalue weighted by atomic mass is 9.80. The molecule has 1 saturated carbocycles. The third kappa shape index (κ3) is 9.69. The summed E-state index contributed by atoms with van der Waals surface area (Å²) in [5, 5.41) is 8.66. The molecule has 0 saturated heterocycles. The summed E-state index contributed by atoms with van der Waals surface area (Å²) in [6.07, 6.45) is 18.9. The third-order valence-corrected chi connectivity index (χ3v) is 6.17. The largest absolute Gasteiger partial charge is 0.481 e. The fourth-order valence-electron chi connectivity index (χ4n) is 4.53. The van der Waals surface area contributed by atoms with E-state index in [1.54, 1.807) is 0 Å². The summed E-state index contributed by atoms with van der Waals surface area (Å²) >= 11 is 0. The van der Waals surface area contributed by atoms with Crippen molar-refractivity contribution in [1.82, 2.24) is 0 Å². The van der Waals surface area contributed by atoms with Gasteiger partial charge in [-0.3, -0.25) is 4.79 Å². The Bertz CT molecular complexity index is 335. The number of unbranched alkanes of at least 4 members (excludes halogenated alkanes) is 4. The van der Waals surface area contributed by atoms with E-state index < -0.39 is 5.97 Å². The topological polar surface area (TPSA) is 37.3 Å². The second-order valence-corrected chi connectivity index (χ2v) is 8.96. The van der Waals surface area contributed by atoms with Crippen LogP contribution in [0.15, 0.2) is 0 Å². The molecule has 0 aromatic heterocycles. The van der Waals surface area contributed by atoms with E-state index in [1.807, 2.05) is 0 Å². The first-order chi connectivity index (χ1) is 11.4. The summed E-state index contributed by atoms with van der Waals surface area (Å²) in [6, 6.07) is 0. The Morgan fingerprint density at radius 1 is 0.917 bits per heavy atom. The van der Waals surface area contributed by atoms with Crippen molar-refractivity contribution < 1.29 is 9.90 Å². The quantitative estimate of drug-likeness (QED) is 0.340. The molecule has 0 spiro atoms. The van der Waals surface area contributed by atoms with E-state index in [0.29, 0.717) is 11.8 Å². The molecule has 0 aromatic carbocycles. The maximum absolute atomic E-state index is 10.5. The lowest BCUT2D eigenvalue weighted by Gasteiger charge is -2.26. The van der Waals surface area contributed by atoms with Crippen molar-refractivity contribution in [2.24, 2.45) is 17.3 Å². The van der Waals surface area contributed by atoms with Gasteiger partial charge in [0.05, 0.1) is 0 Å². The second kappa shape index (κ2) is 11.9. The summed E-state index contributed by atoms with van der Waals surface area (Å²) in [5.41, 5.74) is 0.536. The molecule has 142 valence electrons. The number of carbonyl (C=O) groups is 1. The highest BCUT2D eigenvalue weighted by molar-refractivity contribution is 5.66. The van der Waals surface area contributed by atoms with E-state index in [2.05, 4.69) is 20.8 Å². The Morgan fingerprint density at radius 3 is 2.12 bits per heavy atom. The average molecular weight is 339 g/mol. The molecule has 0 aromatic rings. The average Bonchev–Trinajstić information content (AvgIpc) is 2.96. The van der Waals surface area contributed by atoms with Crippen molar-refractivity contribution in [2.75, 3.05) is 0 Å². The zero-order chi connectivity index (χ0) is 17.8. The molecule has 24 heavy (non-hydrogen) atoms. The van der Waals surface area contributed by atoms with Crippen LogP contribution < -0.4 is 0 Å². The summed E-state index contributed by atoms with van der Waals surface area (Å²) in [6.45, 7) is 7.19. The molecule has 0 heterocycles. The minimum absolute atomic E-state index is 0.347. The monoisotopic (exact) mass is 338 g/mol. The molecule has 1 aliphatic rings. The summed E-state index contributed by atoms with van der Waals surface area (Å²) in [4.78, 5) is 10.5. The van der Waals surface area contributed by atoms with Crippen molar-refractivity contribution in [3.05, 3.63) is 0 Å². The van der Waals surface area contributed by atoms with E-state index >= 15 is 0 Å². The minimum atomic E-state index is -0.646. The van der Waals surface area contributed by atoms with E-state index in [9.17, 15) is 4.79 Å². The highest BCUT2D eigenvalue weighted by Crippen LogP contribution is 2.40. The molecule has 0 bridgehead atoms. The van der Waals surface area contributed by atoms with Crippen LogP contribution in [0.2, 0.25) is 0 Å². The highest BCUT2D eigenvalue weighted by atomic mass is 16.4. The van der Waals surface area contributed by atoms with Gasteiger partial charge in [0.25, 0.3) is 0 Å². The smallest absolute Gasteiger partial charge is 0.303 e. The lowest BCUT2D eigenvalue weighted by Crippen LogP contribution is -2.13. The summed E-state index contributed by atoms with van der Waals surface area (Å²) < 4.78 is 0. The van der Waals surface area contributed by atoms with Gasteiger partial charge in [0.2, 0.25) is 0 Å². The zero-order valence-electron chi connectivity index (χ0n) is 16.6. The molecule has 1 rings (SSSR count). The van der Waals surface area contributed by atoms with Gasteiger partial charge in [0.15, 0.2) is 0 Å². The van der Waals surface area contributed by atoms with Gasteiger partial charge in [-0.25, -0.2) is 0 Å². The van der Waals surface area contributed by atoms with Gasteiger partial charge in [0.1, 0.15) is 0 Å². The Kier molecular flexibility index (Phi) is 10.7. The normalized spacial score (nSPS) is 21.3. The maximum Gasteiger partial charge on any atom is 0.303 e. The SMILES string of the molecule is CCCCC(C)(C)CCC[C@H]1CCC[C@@H]1CCCCCCC(=O)O. The Morgan fingerprint density at radius 2 is 1.50 bits per heavy atom. The van der Waals surface area contributed by atoms with Crippen LogP contribution in [0.25, 0.3) is 0 Å². The van der Waals surface area contributed by atoms with Crippen molar-refractivity contribution in [3.63, 3.8) is 0 Å². The highest BCUT2D eigenvalue weighted by Gasteiger charge is 2.27. The first-order valence-electron chi connectivity index (χ1n) is 10.7.